The van der Waals surface area contributed by atoms with Gasteiger partial charge in [0.1, 0.15) is 0 Å². The molecule has 0 radical (unpaired) electrons. The summed E-state index contributed by atoms with van der Waals surface area (Å²) in [6.07, 6.45) is 3.83. The molecule has 1 fully saturated rings. The van der Waals surface area contributed by atoms with Crippen molar-refractivity contribution in [2.24, 2.45) is 0 Å². The summed E-state index contributed by atoms with van der Waals surface area (Å²) in [5.41, 5.74) is 4.07. The van der Waals surface area contributed by atoms with Gasteiger partial charge in [0.15, 0.2) is 0 Å². The van der Waals surface area contributed by atoms with Gasteiger partial charge >= 0.3 is 0 Å². The quantitative estimate of drug-likeness (QED) is 0.504. The van der Waals surface area contributed by atoms with Gasteiger partial charge in [0.25, 0.3) is 5.91 Å². The van der Waals surface area contributed by atoms with Gasteiger partial charge in [-0.15, -0.1) is 0 Å². The van der Waals surface area contributed by atoms with E-state index in [1.165, 1.54) is 11.1 Å². The van der Waals surface area contributed by atoms with Crippen molar-refractivity contribution in [2.45, 2.75) is 38.1 Å². The number of amides is 2. The van der Waals surface area contributed by atoms with Crippen LogP contribution in [0.25, 0.3) is 0 Å². The zero-order valence-electron chi connectivity index (χ0n) is 19.6. The summed E-state index contributed by atoms with van der Waals surface area (Å²) >= 11 is 0. The van der Waals surface area contributed by atoms with E-state index in [2.05, 4.69) is 39.8 Å². The Labute approximate surface area is 202 Å². The number of hydrogen-bond acceptors (Lipinski definition) is 3. The minimum absolute atomic E-state index is 0.0390. The van der Waals surface area contributed by atoms with Crippen molar-refractivity contribution < 1.29 is 9.59 Å². The summed E-state index contributed by atoms with van der Waals surface area (Å²) in [7, 11) is 0. The Morgan fingerprint density at radius 1 is 0.765 bits per heavy atom. The monoisotopic (exact) mass is 455 g/mol. The maximum atomic E-state index is 12.9. The smallest absolute Gasteiger partial charge is 0.253 e. The molecule has 0 bridgehead atoms. The normalized spacial score (nSPS) is 13.9. The highest BCUT2D eigenvalue weighted by Crippen LogP contribution is 2.24. The number of para-hydroxylation sites is 1. The van der Waals surface area contributed by atoms with Crippen LogP contribution in [0.3, 0.4) is 0 Å². The molecular weight excluding hydrogens is 422 g/mol. The molecule has 1 heterocycles. The third-order valence-corrected chi connectivity index (χ3v) is 6.38. The first-order valence-corrected chi connectivity index (χ1v) is 12.2. The molecular formula is C29H33N3O2. The maximum Gasteiger partial charge on any atom is 0.253 e. The average Bonchev–Trinajstić information content (AvgIpc) is 2.89. The molecule has 2 amide bonds. The summed E-state index contributed by atoms with van der Waals surface area (Å²) < 4.78 is 0. The number of aryl methyl sites for hydroxylation is 1. The molecule has 0 aromatic heterocycles. The van der Waals surface area contributed by atoms with E-state index in [0.29, 0.717) is 18.5 Å². The fourth-order valence-electron chi connectivity index (χ4n) is 4.47. The van der Waals surface area contributed by atoms with Gasteiger partial charge in [-0.2, -0.15) is 0 Å². The summed E-state index contributed by atoms with van der Waals surface area (Å²) in [6, 6.07) is 28.3. The number of nitrogens with zero attached hydrogens (tertiary/aromatic N) is 1. The molecule has 176 valence electrons. The Bertz CT molecular complexity index is 1060. The number of benzene rings is 3. The molecule has 5 heteroatoms. The SMILES string of the molecule is O=C(CCc1ccccc1)NC1CCN(c2ccccc2C(=O)NCCc2ccccc2)CC1. The van der Waals surface area contributed by atoms with E-state index in [9.17, 15) is 9.59 Å². The van der Waals surface area contributed by atoms with Crippen molar-refractivity contribution in [2.75, 3.05) is 24.5 Å². The fourth-order valence-corrected chi connectivity index (χ4v) is 4.47. The topological polar surface area (TPSA) is 61.4 Å². The largest absolute Gasteiger partial charge is 0.371 e. The minimum atomic E-state index is -0.0390. The number of hydrogen-bond donors (Lipinski definition) is 2. The Morgan fingerprint density at radius 3 is 2.03 bits per heavy atom. The van der Waals surface area contributed by atoms with E-state index in [0.717, 1.165) is 44.5 Å². The molecule has 3 aromatic carbocycles. The molecule has 0 atom stereocenters. The van der Waals surface area contributed by atoms with Crippen LogP contribution in [0.2, 0.25) is 0 Å². The lowest BCUT2D eigenvalue weighted by Crippen LogP contribution is -2.45. The third kappa shape index (κ3) is 6.70. The molecule has 5 nitrogen and oxygen atoms in total. The highest BCUT2D eigenvalue weighted by molar-refractivity contribution is 5.99. The van der Waals surface area contributed by atoms with Crippen molar-refractivity contribution in [3.05, 3.63) is 102 Å². The number of carbonyl (C=O) groups is 2. The predicted octanol–water partition coefficient (Wildman–Crippen LogP) is 4.38. The lowest BCUT2D eigenvalue weighted by Gasteiger charge is -2.35. The van der Waals surface area contributed by atoms with E-state index < -0.39 is 0 Å². The van der Waals surface area contributed by atoms with Gasteiger partial charge in [0, 0.05) is 37.8 Å². The molecule has 1 aliphatic heterocycles. The van der Waals surface area contributed by atoms with Gasteiger partial charge < -0.3 is 15.5 Å². The van der Waals surface area contributed by atoms with Crippen LogP contribution >= 0.6 is 0 Å². The van der Waals surface area contributed by atoms with E-state index >= 15 is 0 Å². The molecule has 2 N–H and O–H groups in total. The van der Waals surface area contributed by atoms with Crippen LogP contribution in [0.4, 0.5) is 5.69 Å². The summed E-state index contributed by atoms with van der Waals surface area (Å²) in [5, 5.41) is 6.26. The van der Waals surface area contributed by atoms with Crippen LogP contribution in [0.15, 0.2) is 84.9 Å². The number of carbonyl (C=O) groups excluding carboxylic acids is 2. The minimum Gasteiger partial charge on any atom is -0.371 e. The van der Waals surface area contributed by atoms with E-state index in [1.807, 2.05) is 60.7 Å². The van der Waals surface area contributed by atoms with Gasteiger partial charge in [0.2, 0.25) is 5.91 Å². The molecule has 3 aromatic rings. The van der Waals surface area contributed by atoms with Crippen molar-refractivity contribution in [1.29, 1.82) is 0 Å². The van der Waals surface area contributed by atoms with Crippen molar-refractivity contribution in [3.8, 4) is 0 Å². The van der Waals surface area contributed by atoms with Crippen LogP contribution in [-0.4, -0.2) is 37.5 Å². The van der Waals surface area contributed by atoms with Gasteiger partial charge in [-0.1, -0.05) is 72.8 Å². The maximum absolute atomic E-state index is 12.9. The van der Waals surface area contributed by atoms with Gasteiger partial charge in [-0.3, -0.25) is 9.59 Å². The van der Waals surface area contributed by atoms with E-state index in [1.54, 1.807) is 0 Å². The predicted molar refractivity (Wildman–Crippen MR) is 137 cm³/mol. The molecule has 0 spiro atoms. The lowest BCUT2D eigenvalue weighted by molar-refractivity contribution is -0.121. The van der Waals surface area contributed by atoms with Crippen LogP contribution in [-0.2, 0) is 17.6 Å². The Hall–Kier alpha value is -3.60. The zero-order chi connectivity index (χ0) is 23.6. The van der Waals surface area contributed by atoms with Crippen LogP contribution in [0.5, 0.6) is 0 Å². The number of rotatable bonds is 9. The highest BCUT2D eigenvalue weighted by Gasteiger charge is 2.23. The van der Waals surface area contributed by atoms with Crippen molar-refractivity contribution >= 4 is 17.5 Å². The van der Waals surface area contributed by atoms with Gasteiger partial charge in [-0.05, 0) is 48.9 Å². The third-order valence-electron chi connectivity index (χ3n) is 6.38. The number of piperidine rings is 1. The van der Waals surface area contributed by atoms with Gasteiger partial charge in [0.05, 0.1) is 5.56 Å². The number of nitrogens with one attached hydrogen (secondary N) is 2. The first kappa shape index (κ1) is 23.6. The lowest BCUT2D eigenvalue weighted by atomic mass is 10.0. The van der Waals surface area contributed by atoms with Crippen LogP contribution in [0.1, 0.15) is 40.7 Å². The van der Waals surface area contributed by atoms with E-state index in [4.69, 9.17) is 0 Å². The van der Waals surface area contributed by atoms with Crippen molar-refractivity contribution in [3.63, 3.8) is 0 Å². The van der Waals surface area contributed by atoms with Crippen molar-refractivity contribution in [1.82, 2.24) is 10.6 Å². The number of anilines is 1. The standard InChI is InChI=1S/C29H33N3O2/c33-28(16-15-23-9-3-1-4-10-23)31-25-18-21-32(22-19-25)27-14-8-7-13-26(27)29(34)30-20-17-24-11-5-2-6-12-24/h1-14,25H,15-22H2,(H,30,34)(H,31,33). The second-order valence-electron chi connectivity index (χ2n) is 8.82. The van der Waals surface area contributed by atoms with Crippen LogP contribution in [0, 0.1) is 0 Å². The Balaban J connectivity index is 1.25. The summed E-state index contributed by atoms with van der Waals surface area (Å²) in [4.78, 5) is 27.6. The highest BCUT2D eigenvalue weighted by atomic mass is 16.2. The van der Waals surface area contributed by atoms with Gasteiger partial charge in [-0.25, -0.2) is 0 Å². The molecule has 0 saturated carbocycles. The molecule has 1 aliphatic rings. The molecule has 4 rings (SSSR count). The molecule has 0 unspecified atom stereocenters. The second-order valence-corrected chi connectivity index (χ2v) is 8.82. The summed E-state index contributed by atoms with van der Waals surface area (Å²) in [6.45, 7) is 2.24. The molecule has 0 aliphatic carbocycles. The first-order chi connectivity index (χ1) is 16.7. The zero-order valence-corrected chi connectivity index (χ0v) is 19.6. The molecule has 1 saturated heterocycles. The summed E-state index contributed by atoms with van der Waals surface area (Å²) in [5.74, 6) is 0.0726. The Morgan fingerprint density at radius 2 is 1.35 bits per heavy atom. The molecule has 34 heavy (non-hydrogen) atoms. The van der Waals surface area contributed by atoms with E-state index in [-0.39, 0.29) is 17.9 Å². The first-order valence-electron chi connectivity index (χ1n) is 12.2. The second kappa shape index (κ2) is 12.0. The average molecular weight is 456 g/mol. The Kier molecular flexibility index (Phi) is 8.33. The van der Waals surface area contributed by atoms with Crippen LogP contribution < -0.4 is 15.5 Å². The fraction of sp³-hybridized carbons (Fsp3) is 0.310.